The molecule has 10 heteroatoms. The highest BCUT2D eigenvalue weighted by atomic mass is 32.2. The predicted octanol–water partition coefficient (Wildman–Crippen LogP) is 3.01. The van der Waals surface area contributed by atoms with E-state index in [-0.39, 0.29) is 5.75 Å². The second-order valence-corrected chi connectivity index (χ2v) is 9.75. The number of methoxy groups -OCH3 is 4. The van der Waals surface area contributed by atoms with E-state index in [0.717, 1.165) is 18.7 Å². The molecular formula is C26H34N2O7S. The third-order valence-electron chi connectivity index (χ3n) is 6.17. The lowest BCUT2D eigenvalue weighted by Gasteiger charge is -2.36. The maximum Gasteiger partial charge on any atom is 0.325 e. The third kappa shape index (κ3) is 6.57. The van der Waals surface area contributed by atoms with Crippen molar-refractivity contribution in [3.8, 4) is 23.0 Å². The molecule has 2 aromatic rings. The van der Waals surface area contributed by atoms with Crippen molar-refractivity contribution in [1.29, 1.82) is 0 Å². The molecule has 1 fully saturated rings. The number of carbonyl (C=O) groups is 1. The van der Waals surface area contributed by atoms with Gasteiger partial charge in [0, 0.05) is 49.3 Å². The van der Waals surface area contributed by atoms with Crippen molar-refractivity contribution >= 4 is 22.8 Å². The van der Waals surface area contributed by atoms with E-state index in [1.807, 2.05) is 18.0 Å². The summed E-state index contributed by atoms with van der Waals surface area (Å²) in [6, 6.07) is 7.95. The van der Waals surface area contributed by atoms with Gasteiger partial charge in [-0.05, 0) is 30.8 Å². The van der Waals surface area contributed by atoms with Gasteiger partial charge in [-0.2, -0.15) is 0 Å². The number of ether oxygens (including phenoxy) is 4. The fourth-order valence-corrected chi connectivity index (χ4v) is 5.10. The number of rotatable bonds is 11. The summed E-state index contributed by atoms with van der Waals surface area (Å²) in [6.07, 6.45) is 1.70. The zero-order valence-corrected chi connectivity index (χ0v) is 22.2. The Kier molecular flexibility index (Phi) is 9.74. The van der Waals surface area contributed by atoms with Gasteiger partial charge in [0.15, 0.2) is 0 Å². The number of aliphatic carboxylic acids is 1. The van der Waals surface area contributed by atoms with Crippen LogP contribution in [0, 0.1) is 0 Å². The zero-order valence-electron chi connectivity index (χ0n) is 21.4. The molecule has 0 bridgehead atoms. The van der Waals surface area contributed by atoms with Crippen molar-refractivity contribution in [3.05, 3.63) is 52.4 Å². The highest BCUT2D eigenvalue weighted by molar-refractivity contribution is 7.87. The highest BCUT2D eigenvalue weighted by Gasteiger charge is 2.32. The van der Waals surface area contributed by atoms with Gasteiger partial charge in [-0.15, -0.1) is 0 Å². The van der Waals surface area contributed by atoms with Crippen LogP contribution in [0.3, 0.4) is 0 Å². The molecule has 1 heterocycles. The van der Waals surface area contributed by atoms with Crippen molar-refractivity contribution in [2.45, 2.75) is 11.8 Å². The van der Waals surface area contributed by atoms with Gasteiger partial charge in [0.2, 0.25) is 0 Å². The molecule has 0 spiro atoms. The minimum atomic E-state index is -1.38. The van der Waals surface area contributed by atoms with Crippen molar-refractivity contribution < 1.29 is 33.1 Å². The van der Waals surface area contributed by atoms with Gasteiger partial charge >= 0.3 is 5.97 Å². The number of likely N-dealkylation sites (N-methyl/N-ethyl adjacent to an activating group) is 1. The molecule has 9 nitrogen and oxygen atoms in total. The van der Waals surface area contributed by atoms with Crippen molar-refractivity contribution in [1.82, 2.24) is 9.80 Å². The quantitative estimate of drug-likeness (QED) is 0.481. The summed E-state index contributed by atoms with van der Waals surface area (Å²) in [5.41, 5.74) is 1.96. The number of carboxylic acid groups (broad SMARTS) is 1. The Morgan fingerprint density at radius 2 is 1.58 bits per heavy atom. The lowest BCUT2D eigenvalue weighted by molar-refractivity contribution is -0.144. The average molecular weight is 519 g/mol. The Balaban J connectivity index is 1.85. The fourth-order valence-electron chi connectivity index (χ4n) is 4.21. The lowest BCUT2D eigenvalue weighted by Crippen LogP contribution is -2.47. The monoisotopic (exact) mass is 518 g/mol. The summed E-state index contributed by atoms with van der Waals surface area (Å²) in [5.74, 6) is 1.42. The minimum Gasteiger partial charge on any atom is -0.496 e. The molecule has 0 saturated carbocycles. The predicted molar refractivity (Wildman–Crippen MR) is 139 cm³/mol. The number of hydrogen-bond donors (Lipinski definition) is 1. The molecular weight excluding hydrogens is 484 g/mol. The van der Waals surface area contributed by atoms with Crippen LogP contribution in [0.1, 0.15) is 22.7 Å². The number of benzene rings is 2. The molecule has 0 aromatic heterocycles. The van der Waals surface area contributed by atoms with Crippen molar-refractivity contribution in [3.63, 3.8) is 0 Å². The Morgan fingerprint density at radius 3 is 2.11 bits per heavy atom. The highest BCUT2D eigenvalue weighted by Crippen LogP contribution is 2.35. The summed E-state index contributed by atoms with van der Waals surface area (Å²) < 4.78 is 34.6. The Hall–Kier alpha value is -3.08. The largest absolute Gasteiger partial charge is 0.496 e. The summed E-state index contributed by atoms with van der Waals surface area (Å²) >= 11 is 0. The SMILES string of the molecule is COc1cc(OC)c(C=CS(=O)Cc2ccc(OC)c(C(C(=O)O)N3CCN(C)CC3)c2)c(OC)c1. The smallest absolute Gasteiger partial charge is 0.325 e. The average Bonchev–Trinajstić information content (AvgIpc) is 2.88. The van der Waals surface area contributed by atoms with Crippen LogP contribution in [0.4, 0.5) is 0 Å². The molecule has 196 valence electrons. The van der Waals surface area contributed by atoms with Crippen LogP contribution in [0.25, 0.3) is 6.08 Å². The van der Waals surface area contributed by atoms with E-state index < -0.39 is 22.8 Å². The summed E-state index contributed by atoms with van der Waals surface area (Å²) in [5, 5.41) is 11.6. The second-order valence-electron chi connectivity index (χ2n) is 8.43. The van der Waals surface area contributed by atoms with E-state index in [0.29, 0.717) is 47.2 Å². The molecule has 2 atom stereocenters. The second kappa shape index (κ2) is 12.8. The molecule has 1 aliphatic rings. The Morgan fingerprint density at radius 1 is 0.972 bits per heavy atom. The maximum absolute atomic E-state index is 13.0. The van der Waals surface area contributed by atoms with Crippen molar-refractivity contribution in [2.24, 2.45) is 0 Å². The van der Waals surface area contributed by atoms with E-state index in [1.165, 1.54) is 7.11 Å². The van der Waals surface area contributed by atoms with Gasteiger partial charge in [-0.3, -0.25) is 13.9 Å². The van der Waals surface area contributed by atoms with Crippen LogP contribution < -0.4 is 18.9 Å². The zero-order chi connectivity index (χ0) is 26.2. The van der Waals surface area contributed by atoms with Crippen LogP contribution in [-0.4, -0.2) is 86.8 Å². The van der Waals surface area contributed by atoms with E-state index in [2.05, 4.69) is 4.90 Å². The first-order chi connectivity index (χ1) is 17.3. The number of piperazine rings is 1. The van der Waals surface area contributed by atoms with Gasteiger partial charge < -0.3 is 29.0 Å². The van der Waals surface area contributed by atoms with Gasteiger partial charge in [0.1, 0.15) is 29.0 Å². The van der Waals surface area contributed by atoms with Crippen molar-refractivity contribution in [2.75, 3.05) is 61.7 Å². The van der Waals surface area contributed by atoms with E-state index >= 15 is 0 Å². The van der Waals surface area contributed by atoms with Gasteiger partial charge in [-0.25, -0.2) is 0 Å². The van der Waals surface area contributed by atoms with Gasteiger partial charge in [-0.1, -0.05) is 6.07 Å². The maximum atomic E-state index is 13.0. The molecule has 0 aliphatic carbocycles. The third-order valence-corrected chi connectivity index (χ3v) is 7.23. The van der Waals surface area contributed by atoms with E-state index in [1.54, 1.807) is 57.1 Å². The van der Waals surface area contributed by atoms with Crippen LogP contribution >= 0.6 is 0 Å². The minimum absolute atomic E-state index is 0.212. The van der Waals surface area contributed by atoms with Gasteiger partial charge in [0.25, 0.3) is 0 Å². The van der Waals surface area contributed by atoms with Crippen LogP contribution in [-0.2, 0) is 21.3 Å². The van der Waals surface area contributed by atoms with E-state index in [9.17, 15) is 14.1 Å². The summed E-state index contributed by atoms with van der Waals surface area (Å²) in [6.45, 7) is 2.86. The molecule has 1 saturated heterocycles. The molecule has 1 N–H and O–H groups in total. The number of nitrogens with zero attached hydrogens (tertiary/aromatic N) is 2. The van der Waals surface area contributed by atoms with E-state index in [4.69, 9.17) is 18.9 Å². The molecule has 2 aromatic carbocycles. The first-order valence-corrected chi connectivity index (χ1v) is 12.9. The lowest BCUT2D eigenvalue weighted by atomic mass is 10.0. The van der Waals surface area contributed by atoms with Gasteiger partial charge in [0.05, 0.1) is 50.6 Å². The summed E-state index contributed by atoms with van der Waals surface area (Å²) in [4.78, 5) is 16.4. The Bertz CT molecular complexity index is 1090. The van der Waals surface area contributed by atoms with Crippen LogP contribution in [0.2, 0.25) is 0 Å². The molecule has 0 amide bonds. The Labute approximate surface area is 214 Å². The normalized spacial score (nSPS) is 16.5. The molecule has 3 rings (SSSR count). The van der Waals surface area contributed by atoms with Crippen LogP contribution in [0.15, 0.2) is 35.7 Å². The first-order valence-electron chi connectivity index (χ1n) is 11.5. The fraction of sp³-hybridized carbons (Fsp3) is 0.423. The first kappa shape index (κ1) is 27.5. The number of hydrogen-bond acceptors (Lipinski definition) is 8. The number of carboxylic acids is 1. The molecule has 0 radical (unpaired) electrons. The topological polar surface area (TPSA) is 97.8 Å². The standard InChI is InChI=1S/C26H34N2O7S/c1-27-9-11-28(12-10-27)25(26(29)30)21-14-18(6-7-22(21)33-3)17-36(31)13-8-20-23(34-4)15-19(32-2)16-24(20)35-5/h6-8,13-16,25H,9-12,17H2,1-5H3,(H,29,30). The molecule has 2 unspecified atom stereocenters. The molecule has 36 heavy (non-hydrogen) atoms. The summed E-state index contributed by atoms with van der Waals surface area (Å²) in [7, 11) is 6.81. The molecule has 1 aliphatic heterocycles. The van der Waals surface area contributed by atoms with Crippen LogP contribution in [0.5, 0.6) is 23.0 Å².